The molecule has 0 saturated heterocycles. The van der Waals surface area contributed by atoms with Crippen molar-refractivity contribution < 1.29 is 14.6 Å². The largest absolute Gasteiger partial charge is 0.466 e. The lowest BCUT2D eigenvalue weighted by molar-refractivity contribution is -0.134. The molecule has 1 unspecified atom stereocenters. The first-order valence-electron chi connectivity index (χ1n) is 5.80. The van der Waals surface area contributed by atoms with Crippen molar-refractivity contribution in [2.75, 3.05) is 7.11 Å². The van der Waals surface area contributed by atoms with Gasteiger partial charge in [-0.15, -0.1) is 0 Å². The van der Waals surface area contributed by atoms with Crippen LogP contribution < -0.4 is 0 Å². The van der Waals surface area contributed by atoms with Crippen LogP contribution in [0.25, 0.3) is 0 Å². The van der Waals surface area contributed by atoms with Gasteiger partial charge in [-0.3, -0.25) is 0 Å². The molecule has 0 aliphatic heterocycles. The summed E-state index contributed by atoms with van der Waals surface area (Å²) in [6.07, 6.45) is 11.4. The maximum atomic E-state index is 10.7. The van der Waals surface area contributed by atoms with E-state index in [2.05, 4.69) is 17.7 Å². The highest BCUT2D eigenvalue weighted by atomic mass is 16.5. The molecule has 0 aliphatic carbocycles. The first-order chi connectivity index (χ1) is 7.70. The molecule has 0 rings (SSSR count). The fourth-order valence-corrected chi connectivity index (χ4v) is 1.20. The van der Waals surface area contributed by atoms with E-state index < -0.39 is 12.1 Å². The lowest BCUT2D eigenvalue weighted by atomic mass is 10.1. The summed E-state index contributed by atoms with van der Waals surface area (Å²) in [7, 11) is 1.31. The van der Waals surface area contributed by atoms with Crippen LogP contribution in [0.5, 0.6) is 0 Å². The van der Waals surface area contributed by atoms with E-state index in [4.69, 9.17) is 0 Å². The molecule has 0 aromatic carbocycles. The molecule has 3 heteroatoms. The highest BCUT2D eigenvalue weighted by molar-refractivity contribution is 5.81. The van der Waals surface area contributed by atoms with Gasteiger partial charge < -0.3 is 9.84 Å². The summed E-state index contributed by atoms with van der Waals surface area (Å²) < 4.78 is 4.42. The normalized spacial score (nSPS) is 13.4. The number of carbonyl (C=O) groups is 1. The molecule has 0 amide bonds. The second-order valence-electron chi connectivity index (χ2n) is 3.65. The van der Waals surface area contributed by atoms with Gasteiger partial charge in [-0.1, -0.05) is 31.9 Å². The number of esters is 1. The average Bonchev–Trinajstić information content (AvgIpc) is 2.30. The zero-order valence-electron chi connectivity index (χ0n) is 10.2. The van der Waals surface area contributed by atoms with Crippen molar-refractivity contribution in [2.45, 2.75) is 45.1 Å². The lowest BCUT2D eigenvalue weighted by Gasteiger charge is -2.00. The van der Waals surface area contributed by atoms with Gasteiger partial charge in [0.25, 0.3) is 0 Å². The minimum atomic E-state index is -0.610. The monoisotopic (exact) mass is 226 g/mol. The van der Waals surface area contributed by atoms with Crippen LogP contribution in [0.3, 0.4) is 0 Å². The van der Waals surface area contributed by atoms with Crippen molar-refractivity contribution in [3.8, 4) is 0 Å². The van der Waals surface area contributed by atoms with Gasteiger partial charge in [-0.2, -0.15) is 0 Å². The molecular formula is C13H22O3. The van der Waals surface area contributed by atoms with Gasteiger partial charge >= 0.3 is 5.97 Å². The van der Waals surface area contributed by atoms with Gasteiger partial charge in [0, 0.05) is 6.08 Å². The van der Waals surface area contributed by atoms with Crippen LogP contribution in [-0.4, -0.2) is 24.3 Å². The van der Waals surface area contributed by atoms with Crippen LogP contribution in [0.2, 0.25) is 0 Å². The molecule has 0 aromatic heterocycles. The van der Waals surface area contributed by atoms with Crippen LogP contribution in [0.4, 0.5) is 0 Å². The van der Waals surface area contributed by atoms with Crippen LogP contribution in [-0.2, 0) is 9.53 Å². The van der Waals surface area contributed by atoms with Crippen molar-refractivity contribution in [3.63, 3.8) is 0 Å². The van der Waals surface area contributed by atoms with E-state index in [0.717, 1.165) is 6.42 Å². The predicted octanol–water partition coefficient (Wildman–Crippen LogP) is 2.60. The summed E-state index contributed by atoms with van der Waals surface area (Å²) in [6.45, 7) is 2.17. The molecular weight excluding hydrogens is 204 g/mol. The van der Waals surface area contributed by atoms with Crippen LogP contribution in [0.15, 0.2) is 24.3 Å². The molecule has 1 atom stereocenters. The van der Waals surface area contributed by atoms with Crippen molar-refractivity contribution in [1.29, 1.82) is 0 Å². The standard InChI is InChI=1S/C13H22O3/c1-3-4-5-6-7-8-9-12(14)10-11-13(15)16-2/h7-8,10-12,14H,3-6,9H2,1-2H3/b8-7-,11-10+. The smallest absolute Gasteiger partial charge is 0.330 e. The molecule has 0 aliphatic rings. The van der Waals surface area contributed by atoms with Crippen molar-refractivity contribution >= 4 is 5.97 Å². The van der Waals surface area contributed by atoms with Crippen molar-refractivity contribution in [2.24, 2.45) is 0 Å². The number of hydrogen-bond acceptors (Lipinski definition) is 3. The summed E-state index contributed by atoms with van der Waals surface area (Å²) in [5.41, 5.74) is 0. The van der Waals surface area contributed by atoms with Crippen molar-refractivity contribution in [3.05, 3.63) is 24.3 Å². The Kier molecular flexibility index (Phi) is 9.72. The van der Waals surface area contributed by atoms with Crippen LogP contribution >= 0.6 is 0 Å². The van der Waals surface area contributed by atoms with E-state index in [1.165, 1.54) is 38.5 Å². The molecule has 92 valence electrons. The Morgan fingerprint density at radius 1 is 1.38 bits per heavy atom. The van der Waals surface area contributed by atoms with E-state index in [9.17, 15) is 9.90 Å². The number of rotatable bonds is 8. The zero-order valence-corrected chi connectivity index (χ0v) is 10.2. The molecule has 0 bridgehead atoms. The van der Waals surface area contributed by atoms with Crippen molar-refractivity contribution in [1.82, 2.24) is 0 Å². The molecule has 16 heavy (non-hydrogen) atoms. The number of unbranched alkanes of at least 4 members (excludes halogenated alkanes) is 3. The van der Waals surface area contributed by atoms with Gasteiger partial charge in [0.2, 0.25) is 0 Å². The van der Waals surface area contributed by atoms with E-state index in [1.54, 1.807) is 0 Å². The van der Waals surface area contributed by atoms with Gasteiger partial charge in [-0.25, -0.2) is 4.79 Å². The maximum absolute atomic E-state index is 10.7. The first-order valence-corrected chi connectivity index (χ1v) is 5.80. The summed E-state index contributed by atoms with van der Waals surface area (Å²) >= 11 is 0. The predicted molar refractivity (Wildman–Crippen MR) is 65.1 cm³/mol. The molecule has 0 saturated carbocycles. The van der Waals surface area contributed by atoms with Gasteiger partial charge in [-0.05, 0) is 25.3 Å². The molecule has 0 spiro atoms. The molecule has 1 N–H and O–H groups in total. The quantitative estimate of drug-likeness (QED) is 0.299. The molecule has 0 heterocycles. The summed E-state index contributed by atoms with van der Waals surface area (Å²) in [5, 5.41) is 9.45. The molecule has 3 nitrogen and oxygen atoms in total. The van der Waals surface area contributed by atoms with Gasteiger partial charge in [0.05, 0.1) is 13.2 Å². The lowest BCUT2D eigenvalue weighted by Crippen LogP contribution is -2.02. The number of carbonyl (C=O) groups excluding carboxylic acids is 1. The Bertz CT molecular complexity index is 231. The Balaban J connectivity index is 3.60. The van der Waals surface area contributed by atoms with Gasteiger partial charge in [0.15, 0.2) is 0 Å². The topological polar surface area (TPSA) is 46.5 Å². The Hall–Kier alpha value is -1.09. The first kappa shape index (κ1) is 14.9. The Labute approximate surface area is 97.8 Å². The number of ether oxygens (including phenoxy) is 1. The molecule has 0 radical (unpaired) electrons. The Morgan fingerprint density at radius 3 is 2.75 bits per heavy atom. The SMILES string of the molecule is CCCCC/C=C\CC(O)/C=C/C(=O)OC. The highest BCUT2D eigenvalue weighted by Crippen LogP contribution is 2.02. The summed E-state index contributed by atoms with van der Waals surface area (Å²) in [5.74, 6) is -0.439. The second kappa shape index (κ2) is 10.4. The fourth-order valence-electron chi connectivity index (χ4n) is 1.20. The third kappa shape index (κ3) is 9.46. The minimum Gasteiger partial charge on any atom is -0.466 e. The Morgan fingerprint density at radius 2 is 2.12 bits per heavy atom. The number of allylic oxidation sites excluding steroid dienone is 1. The highest BCUT2D eigenvalue weighted by Gasteiger charge is 1.97. The number of aliphatic hydroxyl groups excluding tert-OH is 1. The molecule has 0 aromatic rings. The van der Waals surface area contributed by atoms with E-state index in [1.807, 2.05) is 6.08 Å². The fraction of sp³-hybridized carbons (Fsp3) is 0.615. The third-order valence-corrected chi connectivity index (χ3v) is 2.17. The van der Waals surface area contributed by atoms with Gasteiger partial charge in [0.1, 0.15) is 0 Å². The molecule has 0 fully saturated rings. The summed E-state index contributed by atoms with van der Waals surface area (Å²) in [6, 6.07) is 0. The van der Waals surface area contributed by atoms with E-state index >= 15 is 0 Å². The summed E-state index contributed by atoms with van der Waals surface area (Å²) in [4.78, 5) is 10.7. The third-order valence-electron chi connectivity index (χ3n) is 2.17. The minimum absolute atomic E-state index is 0.439. The second-order valence-corrected chi connectivity index (χ2v) is 3.65. The number of hydrogen-bond donors (Lipinski definition) is 1. The van der Waals surface area contributed by atoms with Crippen LogP contribution in [0.1, 0.15) is 39.0 Å². The zero-order chi connectivity index (χ0) is 12.2. The van der Waals surface area contributed by atoms with E-state index in [0.29, 0.717) is 6.42 Å². The van der Waals surface area contributed by atoms with E-state index in [-0.39, 0.29) is 0 Å². The number of aliphatic hydroxyl groups is 1. The average molecular weight is 226 g/mol. The van der Waals surface area contributed by atoms with Crippen LogP contribution in [0, 0.1) is 0 Å². The number of methoxy groups -OCH3 is 1. The maximum Gasteiger partial charge on any atom is 0.330 e.